The fourth-order valence-corrected chi connectivity index (χ4v) is 3.58. The highest BCUT2D eigenvalue weighted by molar-refractivity contribution is 7.12. The van der Waals surface area contributed by atoms with Crippen molar-refractivity contribution in [1.82, 2.24) is 0 Å². The normalized spacial score (nSPS) is 11.4. The van der Waals surface area contributed by atoms with E-state index >= 15 is 0 Å². The number of carbonyl (C=O) groups excluding carboxylic acids is 1. The minimum absolute atomic E-state index is 0.0304. The molecule has 3 aromatic rings. The zero-order chi connectivity index (χ0) is 18.7. The molecule has 0 N–H and O–H groups in total. The lowest BCUT2D eigenvalue weighted by atomic mass is 10.1. The van der Waals surface area contributed by atoms with Crippen LogP contribution in [0.3, 0.4) is 0 Å². The van der Waals surface area contributed by atoms with E-state index < -0.39 is 11.1 Å². The van der Waals surface area contributed by atoms with E-state index in [0.29, 0.717) is 39.4 Å². The second-order valence-electron chi connectivity index (χ2n) is 5.41. The summed E-state index contributed by atoms with van der Waals surface area (Å²) in [6.45, 7) is -0.0304. The highest BCUT2D eigenvalue weighted by Gasteiger charge is 2.36. The number of rotatable bonds is 5. The lowest BCUT2D eigenvalue weighted by Gasteiger charge is -2.07. The van der Waals surface area contributed by atoms with Gasteiger partial charge in [0.15, 0.2) is 6.29 Å². The molecule has 3 rings (SSSR count). The monoisotopic (exact) mass is 396 g/mol. The van der Waals surface area contributed by atoms with Gasteiger partial charge in [-0.05, 0) is 29.8 Å². The summed E-state index contributed by atoms with van der Waals surface area (Å²) < 4.78 is 45.6. The predicted octanol–water partition coefficient (Wildman–Crippen LogP) is 6.48. The van der Waals surface area contributed by atoms with Crippen molar-refractivity contribution in [1.29, 1.82) is 0 Å². The molecule has 0 fully saturated rings. The van der Waals surface area contributed by atoms with Crippen LogP contribution < -0.4 is 4.74 Å². The van der Waals surface area contributed by atoms with Crippen molar-refractivity contribution in [2.75, 3.05) is 0 Å². The van der Waals surface area contributed by atoms with Crippen LogP contribution in [0.4, 0.5) is 13.2 Å². The Bertz CT molecular complexity index is 920. The molecule has 0 aliphatic heterocycles. The van der Waals surface area contributed by atoms with Crippen LogP contribution in [0, 0.1) is 0 Å². The molecule has 2 nitrogen and oxygen atoms in total. The number of thiophene rings is 1. The smallest absolute Gasteiger partial charge is 0.426 e. The van der Waals surface area contributed by atoms with E-state index in [2.05, 4.69) is 0 Å². The number of hydrogen-bond acceptors (Lipinski definition) is 3. The molecule has 0 unspecified atom stereocenters. The van der Waals surface area contributed by atoms with Crippen LogP contribution >= 0.6 is 22.9 Å². The van der Waals surface area contributed by atoms with Gasteiger partial charge in [0.1, 0.15) is 17.2 Å². The van der Waals surface area contributed by atoms with Crippen LogP contribution in [-0.2, 0) is 12.8 Å². The molecule has 1 aromatic heterocycles. The largest absolute Gasteiger partial charge is 0.488 e. The van der Waals surface area contributed by atoms with Crippen molar-refractivity contribution in [2.45, 2.75) is 12.8 Å². The van der Waals surface area contributed by atoms with Gasteiger partial charge in [-0.3, -0.25) is 4.79 Å². The Labute approximate surface area is 156 Å². The van der Waals surface area contributed by atoms with Gasteiger partial charge in [-0.25, -0.2) is 0 Å². The maximum atomic E-state index is 13.4. The van der Waals surface area contributed by atoms with E-state index in [9.17, 15) is 18.0 Å². The van der Waals surface area contributed by atoms with Crippen LogP contribution in [0.5, 0.6) is 5.75 Å². The molecule has 0 amide bonds. The van der Waals surface area contributed by atoms with E-state index in [1.165, 1.54) is 18.2 Å². The minimum atomic E-state index is -4.44. The molecule has 0 spiro atoms. The van der Waals surface area contributed by atoms with Crippen LogP contribution in [-0.4, -0.2) is 6.29 Å². The summed E-state index contributed by atoms with van der Waals surface area (Å²) >= 11 is 6.58. The molecule has 0 saturated heterocycles. The number of hydrogen-bond donors (Lipinski definition) is 0. The average molecular weight is 397 g/mol. The fraction of sp³-hybridized carbons (Fsp3) is 0.105. The first-order chi connectivity index (χ1) is 12.4. The number of alkyl halides is 3. The van der Waals surface area contributed by atoms with Gasteiger partial charge >= 0.3 is 6.18 Å². The third-order valence-corrected chi connectivity index (χ3v) is 5.09. The number of benzene rings is 2. The van der Waals surface area contributed by atoms with E-state index in [1.54, 1.807) is 36.4 Å². The highest BCUT2D eigenvalue weighted by Crippen LogP contribution is 2.43. The Hall–Kier alpha value is -2.31. The van der Waals surface area contributed by atoms with Crippen LogP contribution in [0.2, 0.25) is 5.02 Å². The molecule has 26 heavy (non-hydrogen) atoms. The molecule has 0 aliphatic rings. The molecule has 0 aliphatic carbocycles. The van der Waals surface area contributed by atoms with E-state index in [-0.39, 0.29) is 17.2 Å². The summed E-state index contributed by atoms with van der Waals surface area (Å²) in [4.78, 5) is 10.5. The van der Waals surface area contributed by atoms with Crippen molar-refractivity contribution >= 4 is 29.2 Å². The maximum absolute atomic E-state index is 13.4. The predicted molar refractivity (Wildman–Crippen MR) is 95.9 cm³/mol. The van der Waals surface area contributed by atoms with Crippen LogP contribution in [0.15, 0.2) is 54.6 Å². The van der Waals surface area contributed by atoms with Crippen molar-refractivity contribution in [3.05, 3.63) is 74.9 Å². The fourth-order valence-electron chi connectivity index (χ4n) is 2.40. The molecule has 0 bridgehead atoms. The Kier molecular flexibility index (Phi) is 5.34. The zero-order valence-electron chi connectivity index (χ0n) is 13.2. The summed E-state index contributed by atoms with van der Waals surface area (Å²) in [5, 5.41) is 0.227. The minimum Gasteiger partial charge on any atom is -0.488 e. The van der Waals surface area contributed by atoms with Crippen LogP contribution in [0.25, 0.3) is 11.1 Å². The van der Waals surface area contributed by atoms with Crippen molar-refractivity contribution < 1.29 is 22.7 Å². The van der Waals surface area contributed by atoms with Gasteiger partial charge in [0.2, 0.25) is 0 Å². The van der Waals surface area contributed by atoms with Crippen molar-refractivity contribution in [3.8, 4) is 16.9 Å². The summed E-state index contributed by atoms with van der Waals surface area (Å²) in [6, 6.07) is 14.4. The molecule has 134 valence electrons. The number of aldehydes is 1. The van der Waals surface area contributed by atoms with Gasteiger partial charge in [-0.15, -0.1) is 11.3 Å². The first-order valence-corrected chi connectivity index (χ1v) is 8.71. The molecule has 7 heteroatoms. The SMILES string of the molecule is O=Cc1ccc(OCc2cc(-c3ccccc3)c(C(F)(F)F)s2)cc1Cl. The maximum Gasteiger partial charge on any atom is 0.426 e. The van der Waals surface area contributed by atoms with E-state index in [4.69, 9.17) is 16.3 Å². The first-order valence-electron chi connectivity index (χ1n) is 7.51. The number of carbonyl (C=O) groups is 1. The highest BCUT2D eigenvalue weighted by atomic mass is 35.5. The third kappa shape index (κ3) is 4.08. The number of halogens is 4. The van der Waals surface area contributed by atoms with Crippen molar-refractivity contribution in [3.63, 3.8) is 0 Å². The summed E-state index contributed by atoms with van der Waals surface area (Å²) in [5.74, 6) is 0.379. The second-order valence-corrected chi connectivity index (χ2v) is 6.95. The summed E-state index contributed by atoms with van der Waals surface area (Å²) in [6.07, 6.45) is -3.82. The van der Waals surface area contributed by atoms with Crippen molar-refractivity contribution in [2.24, 2.45) is 0 Å². The molecule has 1 heterocycles. The van der Waals surface area contributed by atoms with E-state index in [0.717, 1.165) is 0 Å². The number of ether oxygens (including phenoxy) is 1. The molecule has 0 radical (unpaired) electrons. The molecule has 0 saturated carbocycles. The van der Waals surface area contributed by atoms with E-state index in [1.807, 2.05) is 0 Å². The van der Waals surface area contributed by atoms with Crippen LogP contribution in [0.1, 0.15) is 20.1 Å². The summed E-state index contributed by atoms with van der Waals surface area (Å²) in [5.41, 5.74) is 0.956. The molecular formula is C19H12ClF3O2S. The average Bonchev–Trinajstić information content (AvgIpc) is 3.06. The lowest BCUT2D eigenvalue weighted by molar-refractivity contribution is -0.133. The Morgan fingerprint density at radius 1 is 1.08 bits per heavy atom. The van der Waals surface area contributed by atoms with Gasteiger partial charge < -0.3 is 4.74 Å². The standard InChI is InChI=1S/C19H12ClF3O2S/c20-17-8-14(7-6-13(17)10-24)25-11-15-9-16(12-4-2-1-3-5-12)18(26-15)19(21,22)23/h1-10H,11H2. The molecule has 0 atom stereocenters. The molecule has 2 aromatic carbocycles. The summed E-state index contributed by atoms with van der Waals surface area (Å²) in [7, 11) is 0. The van der Waals surface area contributed by atoms with Gasteiger partial charge in [0.05, 0.1) is 5.02 Å². The first kappa shape index (κ1) is 18.5. The van der Waals surface area contributed by atoms with Gasteiger partial charge in [-0.1, -0.05) is 41.9 Å². The Morgan fingerprint density at radius 3 is 2.42 bits per heavy atom. The Balaban J connectivity index is 1.86. The van der Waals surface area contributed by atoms with Gasteiger partial charge in [-0.2, -0.15) is 13.2 Å². The van der Waals surface area contributed by atoms with Gasteiger partial charge in [0.25, 0.3) is 0 Å². The zero-order valence-corrected chi connectivity index (χ0v) is 14.8. The quantitative estimate of drug-likeness (QED) is 0.461. The Morgan fingerprint density at radius 2 is 1.81 bits per heavy atom. The molecular weight excluding hydrogens is 385 g/mol. The lowest BCUT2D eigenvalue weighted by Crippen LogP contribution is -2.03. The van der Waals surface area contributed by atoms with Gasteiger partial charge in [0, 0.05) is 16.0 Å². The third-order valence-electron chi connectivity index (χ3n) is 3.61. The topological polar surface area (TPSA) is 26.3 Å². The second kappa shape index (κ2) is 7.51.